The molecule has 3 rings (SSSR count). The van der Waals surface area contributed by atoms with Gasteiger partial charge in [0.15, 0.2) is 0 Å². The summed E-state index contributed by atoms with van der Waals surface area (Å²) in [7, 11) is 0. The second-order valence-corrected chi connectivity index (χ2v) is 8.41. The molecule has 1 aliphatic rings. The number of rotatable bonds is 5. The van der Waals surface area contributed by atoms with Crippen molar-refractivity contribution in [1.82, 2.24) is 4.98 Å². The summed E-state index contributed by atoms with van der Waals surface area (Å²) in [4.78, 5) is 40.7. The van der Waals surface area contributed by atoms with E-state index < -0.39 is 29.0 Å². The molecule has 1 aromatic heterocycles. The molecule has 1 N–H and O–H groups in total. The number of ether oxygens (including phenoxy) is 2. The van der Waals surface area contributed by atoms with Crippen LogP contribution in [0.25, 0.3) is 0 Å². The molecule has 0 saturated carbocycles. The Morgan fingerprint density at radius 3 is 2.37 bits per heavy atom. The number of nitrogens with one attached hydrogen (secondary N) is 1. The van der Waals surface area contributed by atoms with E-state index in [1.54, 1.807) is 38.1 Å². The number of hydrogen-bond acceptors (Lipinski definition) is 7. The molecule has 1 aliphatic heterocycles. The fourth-order valence-electron chi connectivity index (χ4n) is 3.10. The predicted octanol–water partition coefficient (Wildman–Crippen LogP) is 3.44. The number of H-pyrrole nitrogens is 1. The molecular formula is C18H18ClNO5S2. The van der Waals surface area contributed by atoms with Crippen molar-refractivity contribution >= 4 is 46.6 Å². The molecule has 3 atom stereocenters. The number of fused-ring (bicyclic) bond motifs is 1. The van der Waals surface area contributed by atoms with Crippen molar-refractivity contribution in [2.24, 2.45) is 5.92 Å². The number of benzene rings is 1. The number of hydrogen-bond donors (Lipinski definition) is 1. The van der Waals surface area contributed by atoms with Gasteiger partial charge in [0.05, 0.1) is 24.2 Å². The van der Waals surface area contributed by atoms with Crippen LogP contribution in [-0.4, -0.2) is 35.4 Å². The molecule has 0 spiro atoms. The summed E-state index contributed by atoms with van der Waals surface area (Å²) in [5.74, 6) is -2.31. The van der Waals surface area contributed by atoms with Gasteiger partial charge >= 0.3 is 16.8 Å². The molecule has 144 valence electrons. The van der Waals surface area contributed by atoms with Crippen molar-refractivity contribution in [2.75, 3.05) is 13.2 Å². The Balaban J connectivity index is 2.15. The Morgan fingerprint density at radius 1 is 1.11 bits per heavy atom. The van der Waals surface area contributed by atoms with Gasteiger partial charge in [0.2, 0.25) is 0 Å². The van der Waals surface area contributed by atoms with Gasteiger partial charge < -0.3 is 14.5 Å². The maximum absolute atomic E-state index is 12.8. The summed E-state index contributed by atoms with van der Waals surface area (Å²) in [6.07, 6.45) is 0. The first-order valence-corrected chi connectivity index (χ1v) is 10.5. The lowest BCUT2D eigenvalue weighted by Gasteiger charge is -2.34. The van der Waals surface area contributed by atoms with Gasteiger partial charge in [0.1, 0.15) is 5.25 Å². The van der Waals surface area contributed by atoms with E-state index in [1.165, 1.54) is 0 Å². The molecule has 0 fully saturated rings. The molecule has 0 saturated heterocycles. The van der Waals surface area contributed by atoms with Crippen LogP contribution >= 0.6 is 34.7 Å². The predicted molar refractivity (Wildman–Crippen MR) is 105 cm³/mol. The van der Waals surface area contributed by atoms with Crippen molar-refractivity contribution in [1.29, 1.82) is 0 Å². The van der Waals surface area contributed by atoms with E-state index in [2.05, 4.69) is 4.98 Å². The quantitative estimate of drug-likeness (QED) is 0.735. The summed E-state index contributed by atoms with van der Waals surface area (Å²) < 4.78 is 10.5. The molecule has 1 aromatic carbocycles. The smallest absolute Gasteiger partial charge is 0.320 e. The summed E-state index contributed by atoms with van der Waals surface area (Å²) in [5.41, 5.74) is 0.781. The molecule has 0 amide bonds. The highest BCUT2D eigenvalue weighted by Gasteiger charge is 2.49. The van der Waals surface area contributed by atoms with Crippen LogP contribution in [0.1, 0.15) is 30.2 Å². The minimum absolute atomic E-state index is 0.194. The van der Waals surface area contributed by atoms with E-state index in [1.807, 2.05) is 0 Å². The Kier molecular flexibility index (Phi) is 6.29. The maximum Gasteiger partial charge on any atom is 0.320 e. The van der Waals surface area contributed by atoms with Crippen LogP contribution in [-0.2, 0) is 19.1 Å². The highest BCUT2D eigenvalue weighted by atomic mass is 35.5. The van der Waals surface area contributed by atoms with Crippen molar-refractivity contribution in [2.45, 2.75) is 30.0 Å². The first-order chi connectivity index (χ1) is 13.0. The average molecular weight is 428 g/mol. The van der Waals surface area contributed by atoms with Crippen molar-refractivity contribution in [3.8, 4) is 0 Å². The van der Waals surface area contributed by atoms with Crippen molar-refractivity contribution in [3.63, 3.8) is 0 Å². The average Bonchev–Trinajstić information content (AvgIpc) is 3.01. The molecule has 0 aliphatic carbocycles. The van der Waals surface area contributed by atoms with Crippen LogP contribution in [0, 0.1) is 5.92 Å². The zero-order chi connectivity index (χ0) is 19.6. The number of aromatic nitrogens is 1. The van der Waals surface area contributed by atoms with E-state index in [0.717, 1.165) is 28.7 Å². The second-order valence-electron chi connectivity index (χ2n) is 5.81. The van der Waals surface area contributed by atoms with Crippen molar-refractivity contribution in [3.05, 3.63) is 49.4 Å². The number of halogens is 1. The Labute approximate surface area is 169 Å². The first kappa shape index (κ1) is 20.0. The Morgan fingerprint density at radius 2 is 1.74 bits per heavy atom. The third kappa shape index (κ3) is 4.07. The standard InChI is InChI=1S/C18H18ClNO5S2/c1-3-24-16(21)12-11(9-5-7-10(19)8-6-9)13-15(20-18(23)27-13)26-14(12)17(22)25-4-2/h5-8,11-12,14H,3-4H2,1-2H3,(H,20,23)/t11-,12-,14-/m0/s1. The van der Waals surface area contributed by atoms with Gasteiger partial charge in [-0.05, 0) is 31.5 Å². The molecule has 9 heteroatoms. The molecule has 6 nitrogen and oxygen atoms in total. The summed E-state index contributed by atoms with van der Waals surface area (Å²) in [6.45, 7) is 3.81. The third-order valence-electron chi connectivity index (χ3n) is 4.16. The largest absolute Gasteiger partial charge is 0.466 e. The Bertz CT molecular complexity index is 892. The monoisotopic (exact) mass is 427 g/mol. The van der Waals surface area contributed by atoms with E-state index in [4.69, 9.17) is 21.1 Å². The van der Waals surface area contributed by atoms with E-state index >= 15 is 0 Å². The minimum Gasteiger partial charge on any atom is -0.466 e. The second kappa shape index (κ2) is 8.50. The normalized spacial score (nSPS) is 21.4. The maximum atomic E-state index is 12.8. The Hall–Kier alpha value is -1.77. The number of carbonyl (C=O) groups is 2. The molecular weight excluding hydrogens is 410 g/mol. The third-order valence-corrected chi connectivity index (χ3v) is 6.81. The lowest BCUT2D eigenvalue weighted by atomic mass is 9.82. The topological polar surface area (TPSA) is 85.5 Å². The summed E-state index contributed by atoms with van der Waals surface area (Å²) >= 11 is 8.18. The summed E-state index contributed by atoms with van der Waals surface area (Å²) in [5, 5.41) is 0.326. The fourth-order valence-corrected chi connectivity index (χ4v) is 5.70. The van der Waals surface area contributed by atoms with Crippen LogP contribution < -0.4 is 4.87 Å². The van der Waals surface area contributed by atoms with Crippen LogP contribution in [0.15, 0.2) is 34.1 Å². The zero-order valence-electron chi connectivity index (χ0n) is 14.7. The number of aromatic amines is 1. The van der Waals surface area contributed by atoms with E-state index in [0.29, 0.717) is 14.9 Å². The van der Waals surface area contributed by atoms with Crippen LogP contribution in [0.3, 0.4) is 0 Å². The van der Waals surface area contributed by atoms with Gasteiger partial charge in [-0.15, -0.1) is 0 Å². The van der Waals surface area contributed by atoms with Crippen LogP contribution in [0.2, 0.25) is 5.02 Å². The SMILES string of the molecule is CCOC(=O)[C@H]1[C@H](c2ccc(Cl)cc2)c2sc(=O)[nH]c2S[C@@H]1C(=O)OCC. The van der Waals surface area contributed by atoms with Gasteiger partial charge in [-0.25, -0.2) is 0 Å². The molecule has 0 radical (unpaired) electrons. The van der Waals surface area contributed by atoms with Gasteiger partial charge in [0.25, 0.3) is 0 Å². The van der Waals surface area contributed by atoms with Crippen LogP contribution in [0.4, 0.5) is 0 Å². The molecule has 2 aromatic rings. The minimum atomic E-state index is -0.817. The van der Waals surface area contributed by atoms with Crippen LogP contribution in [0.5, 0.6) is 0 Å². The summed E-state index contributed by atoms with van der Waals surface area (Å²) in [6, 6.07) is 7.03. The molecule has 2 heterocycles. The molecule has 27 heavy (non-hydrogen) atoms. The lowest BCUT2D eigenvalue weighted by molar-refractivity contribution is -0.154. The number of thiazole rings is 1. The van der Waals surface area contributed by atoms with Gasteiger partial charge in [-0.3, -0.25) is 14.4 Å². The molecule has 0 bridgehead atoms. The fraction of sp³-hybridized carbons (Fsp3) is 0.389. The number of esters is 2. The first-order valence-electron chi connectivity index (χ1n) is 8.44. The van der Waals surface area contributed by atoms with Gasteiger partial charge in [-0.2, -0.15) is 0 Å². The van der Waals surface area contributed by atoms with Gasteiger partial charge in [-0.1, -0.05) is 46.8 Å². The molecule has 0 unspecified atom stereocenters. The highest BCUT2D eigenvalue weighted by Crippen LogP contribution is 2.49. The van der Waals surface area contributed by atoms with Crippen molar-refractivity contribution < 1.29 is 19.1 Å². The number of carbonyl (C=O) groups excluding carboxylic acids is 2. The zero-order valence-corrected chi connectivity index (χ0v) is 17.1. The highest BCUT2D eigenvalue weighted by molar-refractivity contribution is 8.00. The van der Waals surface area contributed by atoms with E-state index in [9.17, 15) is 14.4 Å². The van der Waals surface area contributed by atoms with E-state index in [-0.39, 0.29) is 18.1 Å². The number of thioether (sulfide) groups is 1. The lowest BCUT2D eigenvalue weighted by Crippen LogP contribution is -2.41. The van der Waals surface area contributed by atoms with Gasteiger partial charge in [0, 0.05) is 15.8 Å².